The lowest BCUT2D eigenvalue weighted by Crippen LogP contribution is -2.00. The molecule has 0 unspecified atom stereocenters. The average molecular weight is 213 g/mol. The molecule has 0 radical (unpaired) electrons. The minimum absolute atomic E-state index is 0.635. The van der Waals surface area contributed by atoms with Crippen molar-refractivity contribution in [2.75, 3.05) is 7.11 Å². The average Bonchev–Trinajstić information content (AvgIpc) is 2.82. The fourth-order valence-corrected chi connectivity index (χ4v) is 1.55. The van der Waals surface area contributed by atoms with Crippen LogP contribution in [0.2, 0.25) is 0 Å². The molecule has 0 aliphatic rings. The van der Waals surface area contributed by atoms with E-state index in [0.717, 1.165) is 11.3 Å². The molecule has 0 aliphatic carbocycles. The molecular formula is C12H11N3O. The van der Waals surface area contributed by atoms with E-state index in [0.29, 0.717) is 12.1 Å². The van der Waals surface area contributed by atoms with Crippen molar-refractivity contribution in [3.8, 4) is 11.8 Å². The molecule has 0 bridgehead atoms. The maximum Gasteiger partial charge on any atom is 0.123 e. The predicted octanol–water partition coefficient (Wildman–Crippen LogP) is 1.81. The van der Waals surface area contributed by atoms with E-state index >= 15 is 0 Å². The van der Waals surface area contributed by atoms with Crippen LogP contribution >= 0.6 is 0 Å². The van der Waals surface area contributed by atoms with E-state index in [9.17, 15) is 0 Å². The molecule has 2 aromatic rings. The van der Waals surface area contributed by atoms with E-state index in [1.54, 1.807) is 25.7 Å². The van der Waals surface area contributed by atoms with Gasteiger partial charge in [0.05, 0.1) is 31.6 Å². The van der Waals surface area contributed by atoms with Crippen LogP contribution in [0.1, 0.15) is 11.1 Å². The standard InChI is InChI=1S/C12H11N3O/c1-16-12-3-2-10(7-13)6-11(12)8-15-5-4-14-9-15/h2-6,9H,8H2,1H3. The third-order valence-corrected chi connectivity index (χ3v) is 2.32. The first-order valence-electron chi connectivity index (χ1n) is 4.86. The van der Waals surface area contributed by atoms with Crippen molar-refractivity contribution in [3.63, 3.8) is 0 Å². The van der Waals surface area contributed by atoms with Crippen LogP contribution < -0.4 is 4.74 Å². The first-order valence-corrected chi connectivity index (χ1v) is 4.86. The molecule has 80 valence electrons. The minimum Gasteiger partial charge on any atom is -0.496 e. The molecule has 0 spiro atoms. The highest BCUT2D eigenvalue weighted by molar-refractivity contribution is 5.42. The summed E-state index contributed by atoms with van der Waals surface area (Å²) in [5.41, 5.74) is 1.61. The Morgan fingerprint density at radius 2 is 2.38 bits per heavy atom. The second-order valence-electron chi connectivity index (χ2n) is 3.37. The van der Waals surface area contributed by atoms with Crippen LogP contribution in [0.3, 0.4) is 0 Å². The van der Waals surface area contributed by atoms with Gasteiger partial charge in [0.15, 0.2) is 0 Å². The maximum absolute atomic E-state index is 8.84. The molecule has 16 heavy (non-hydrogen) atoms. The van der Waals surface area contributed by atoms with Crippen molar-refractivity contribution in [3.05, 3.63) is 48.0 Å². The molecule has 0 amide bonds. The third kappa shape index (κ3) is 2.04. The Labute approximate surface area is 93.7 Å². The SMILES string of the molecule is COc1ccc(C#N)cc1Cn1ccnc1. The van der Waals surface area contributed by atoms with Gasteiger partial charge in [0, 0.05) is 18.0 Å². The van der Waals surface area contributed by atoms with Gasteiger partial charge in [0.2, 0.25) is 0 Å². The Kier molecular flexibility index (Phi) is 2.88. The quantitative estimate of drug-likeness (QED) is 0.781. The van der Waals surface area contributed by atoms with Crippen molar-refractivity contribution in [2.24, 2.45) is 0 Å². The van der Waals surface area contributed by atoms with Gasteiger partial charge < -0.3 is 9.30 Å². The van der Waals surface area contributed by atoms with Gasteiger partial charge in [0.25, 0.3) is 0 Å². The molecule has 2 rings (SSSR count). The van der Waals surface area contributed by atoms with Crippen LogP contribution in [0, 0.1) is 11.3 Å². The number of nitriles is 1. The summed E-state index contributed by atoms with van der Waals surface area (Å²) in [5, 5.41) is 8.84. The summed E-state index contributed by atoms with van der Waals surface area (Å²) < 4.78 is 7.18. The fraction of sp³-hybridized carbons (Fsp3) is 0.167. The summed E-state index contributed by atoms with van der Waals surface area (Å²) in [6, 6.07) is 7.51. The van der Waals surface area contributed by atoms with E-state index in [4.69, 9.17) is 10.00 Å². The molecule has 0 atom stereocenters. The van der Waals surface area contributed by atoms with Gasteiger partial charge in [0.1, 0.15) is 5.75 Å². The number of aromatic nitrogens is 2. The lowest BCUT2D eigenvalue weighted by atomic mass is 10.1. The van der Waals surface area contributed by atoms with Crippen LogP contribution in [0.25, 0.3) is 0 Å². The van der Waals surface area contributed by atoms with Crippen LogP contribution in [-0.2, 0) is 6.54 Å². The van der Waals surface area contributed by atoms with E-state index in [-0.39, 0.29) is 0 Å². The van der Waals surface area contributed by atoms with Crippen molar-refractivity contribution < 1.29 is 4.74 Å². The van der Waals surface area contributed by atoms with Crippen molar-refractivity contribution in [1.29, 1.82) is 5.26 Å². The summed E-state index contributed by atoms with van der Waals surface area (Å²) in [4.78, 5) is 3.97. The Balaban J connectivity index is 2.34. The number of hydrogen-bond donors (Lipinski definition) is 0. The number of nitrogens with zero attached hydrogens (tertiary/aromatic N) is 3. The molecule has 0 N–H and O–H groups in total. The molecule has 0 aliphatic heterocycles. The summed E-state index contributed by atoms with van der Waals surface area (Å²) in [6.07, 6.45) is 5.33. The zero-order valence-electron chi connectivity index (χ0n) is 8.92. The molecule has 4 heteroatoms. The number of imidazole rings is 1. The van der Waals surface area contributed by atoms with Gasteiger partial charge >= 0.3 is 0 Å². The van der Waals surface area contributed by atoms with Gasteiger partial charge in [-0.25, -0.2) is 4.98 Å². The zero-order chi connectivity index (χ0) is 11.4. The first kappa shape index (κ1) is 10.2. The highest BCUT2D eigenvalue weighted by Gasteiger charge is 2.04. The molecule has 4 nitrogen and oxygen atoms in total. The molecule has 1 aromatic carbocycles. The molecule has 1 heterocycles. The van der Waals surface area contributed by atoms with E-state index < -0.39 is 0 Å². The van der Waals surface area contributed by atoms with Crippen molar-refractivity contribution in [2.45, 2.75) is 6.54 Å². The Morgan fingerprint density at radius 1 is 1.50 bits per heavy atom. The highest BCUT2D eigenvalue weighted by atomic mass is 16.5. The predicted molar refractivity (Wildman–Crippen MR) is 59.0 cm³/mol. The van der Waals surface area contributed by atoms with Crippen LogP contribution in [-0.4, -0.2) is 16.7 Å². The van der Waals surface area contributed by atoms with E-state index in [1.165, 1.54) is 0 Å². The number of rotatable bonds is 3. The summed E-state index contributed by atoms with van der Waals surface area (Å²) in [6.45, 7) is 0.651. The normalized spacial score (nSPS) is 9.75. The highest BCUT2D eigenvalue weighted by Crippen LogP contribution is 2.20. The number of hydrogen-bond acceptors (Lipinski definition) is 3. The zero-order valence-corrected chi connectivity index (χ0v) is 8.92. The summed E-state index contributed by atoms with van der Waals surface area (Å²) >= 11 is 0. The largest absolute Gasteiger partial charge is 0.496 e. The number of methoxy groups -OCH3 is 1. The Hall–Kier alpha value is -2.28. The second-order valence-corrected chi connectivity index (χ2v) is 3.37. The maximum atomic E-state index is 8.84. The van der Waals surface area contributed by atoms with E-state index in [1.807, 2.05) is 22.9 Å². The lowest BCUT2D eigenvalue weighted by Gasteiger charge is -2.09. The van der Waals surface area contributed by atoms with Gasteiger partial charge in [-0.1, -0.05) is 0 Å². The van der Waals surface area contributed by atoms with Gasteiger partial charge in [-0.3, -0.25) is 0 Å². The van der Waals surface area contributed by atoms with Crippen LogP contribution in [0.4, 0.5) is 0 Å². The number of ether oxygens (including phenoxy) is 1. The molecule has 0 saturated carbocycles. The van der Waals surface area contributed by atoms with Gasteiger partial charge in [-0.15, -0.1) is 0 Å². The van der Waals surface area contributed by atoms with Crippen molar-refractivity contribution >= 4 is 0 Å². The Morgan fingerprint density at radius 3 is 3.00 bits per heavy atom. The van der Waals surface area contributed by atoms with Gasteiger partial charge in [-0.2, -0.15) is 5.26 Å². The van der Waals surface area contributed by atoms with Crippen molar-refractivity contribution in [1.82, 2.24) is 9.55 Å². The van der Waals surface area contributed by atoms with Gasteiger partial charge in [-0.05, 0) is 18.2 Å². The molecule has 0 fully saturated rings. The summed E-state index contributed by atoms with van der Waals surface area (Å²) in [5.74, 6) is 0.785. The third-order valence-electron chi connectivity index (χ3n) is 2.32. The topological polar surface area (TPSA) is 50.8 Å². The molecule has 0 saturated heterocycles. The summed E-state index contributed by atoms with van der Waals surface area (Å²) in [7, 11) is 1.62. The van der Waals surface area contributed by atoms with Crippen LogP contribution in [0.5, 0.6) is 5.75 Å². The minimum atomic E-state index is 0.635. The monoisotopic (exact) mass is 213 g/mol. The smallest absolute Gasteiger partial charge is 0.123 e. The molecule has 1 aromatic heterocycles. The Bertz CT molecular complexity index is 512. The number of benzene rings is 1. The first-order chi connectivity index (χ1) is 7.83. The fourth-order valence-electron chi connectivity index (χ4n) is 1.55. The lowest BCUT2D eigenvalue weighted by molar-refractivity contribution is 0.408. The molecular weight excluding hydrogens is 202 g/mol. The van der Waals surface area contributed by atoms with Crippen LogP contribution in [0.15, 0.2) is 36.9 Å². The van der Waals surface area contributed by atoms with E-state index in [2.05, 4.69) is 11.1 Å². The second kappa shape index (κ2) is 4.49.